The third-order valence-electron chi connectivity index (χ3n) is 7.05. The molecule has 0 saturated carbocycles. The zero-order chi connectivity index (χ0) is 29.4. The summed E-state index contributed by atoms with van der Waals surface area (Å²) >= 11 is 0. The van der Waals surface area contributed by atoms with Gasteiger partial charge in [0.15, 0.2) is 17.1 Å². The van der Waals surface area contributed by atoms with Crippen LogP contribution < -0.4 is 0 Å². The molecule has 0 spiro atoms. The van der Waals surface area contributed by atoms with E-state index in [1.165, 1.54) is 12.8 Å². The van der Waals surface area contributed by atoms with Crippen LogP contribution in [-0.2, 0) is 14.2 Å². The lowest BCUT2D eigenvalue weighted by Crippen LogP contribution is -2.11. The molecular weight excluding hydrogens is 522 g/mol. The second kappa shape index (κ2) is 16.7. The Morgan fingerprint density at radius 2 is 1.21 bits per heavy atom. The zero-order valence-corrected chi connectivity index (χ0v) is 23.7. The second-order valence-corrected chi connectivity index (χ2v) is 10.0. The van der Waals surface area contributed by atoms with Gasteiger partial charge in [-0.05, 0) is 48.8 Å². The molecule has 0 aliphatic carbocycles. The van der Waals surface area contributed by atoms with E-state index in [0.717, 1.165) is 49.2 Å². The average molecular weight is 558 g/mol. The topological polar surface area (TPSA) is 40.8 Å². The van der Waals surface area contributed by atoms with Crippen molar-refractivity contribution in [3.05, 3.63) is 148 Å². The van der Waals surface area contributed by atoms with E-state index < -0.39 is 0 Å². The molecule has 3 unspecified atom stereocenters. The predicted octanol–water partition coefficient (Wildman–Crippen LogP) is 9.99. The number of nitrogens with zero attached hydrogens (tertiary/aromatic N) is 3. The Hall–Kier alpha value is -4.51. The molecule has 212 valence electrons. The molecular formula is C36H35N3O3. The first-order valence-corrected chi connectivity index (χ1v) is 14.3. The van der Waals surface area contributed by atoms with Gasteiger partial charge in [0, 0.05) is 6.61 Å². The number of hydrogen-bond acceptors (Lipinski definition) is 3. The van der Waals surface area contributed by atoms with Crippen LogP contribution in [0.2, 0.25) is 0 Å². The lowest BCUT2D eigenvalue weighted by Gasteiger charge is -2.23. The summed E-state index contributed by atoms with van der Waals surface area (Å²) in [5, 5.41) is 0. The molecule has 6 heteroatoms. The monoisotopic (exact) mass is 557 g/mol. The van der Waals surface area contributed by atoms with Gasteiger partial charge in [0.2, 0.25) is 0 Å². The van der Waals surface area contributed by atoms with Gasteiger partial charge in [-0.15, -0.1) is 0 Å². The van der Waals surface area contributed by atoms with Crippen LogP contribution in [0.25, 0.3) is 14.5 Å². The first-order chi connectivity index (χ1) is 20.7. The van der Waals surface area contributed by atoms with Gasteiger partial charge in [0.05, 0.1) is 51.2 Å². The van der Waals surface area contributed by atoms with Crippen LogP contribution in [0.15, 0.2) is 97.1 Å². The van der Waals surface area contributed by atoms with Crippen LogP contribution >= 0.6 is 0 Å². The number of ether oxygens (including phenoxy) is 3. The molecule has 1 fully saturated rings. The lowest BCUT2D eigenvalue weighted by molar-refractivity contribution is 0.0150. The highest BCUT2D eigenvalue weighted by Crippen LogP contribution is 2.30. The van der Waals surface area contributed by atoms with Crippen molar-refractivity contribution in [3.63, 3.8) is 0 Å². The maximum absolute atomic E-state index is 6.94. The van der Waals surface area contributed by atoms with E-state index in [4.69, 9.17) is 33.9 Å². The van der Waals surface area contributed by atoms with Crippen molar-refractivity contribution in [1.82, 2.24) is 0 Å². The highest BCUT2D eigenvalue weighted by Gasteiger charge is 2.16. The van der Waals surface area contributed by atoms with E-state index in [9.17, 15) is 0 Å². The van der Waals surface area contributed by atoms with Gasteiger partial charge >= 0.3 is 0 Å². The molecule has 0 bridgehead atoms. The van der Waals surface area contributed by atoms with Gasteiger partial charge in [0.1, 0.15) is 0 Å². The fourth-order valence-corrected chi connectivity index (χ4v) is 4.87. The molecule has 0 radical (unpaired) electrons. The Morgan fingerprint density at radius 3 is 1.74 bits per heavy atom. The largest absolute Gasteiger partial charge is 0.374 e. The molecule has 1 saturated heterocycles. The van der Waals surface area contributed by atoms with Crippen LogP contribution in [0.5, 0.6) is 0 Å². The fourth-order valence-electron chi connectivity index (χ4n) is 4.87. The van der Waals surface area contributed by atoms with Crippen LogP contribution in [0, 0.1) is 19.7 Å². The number of rotatable bonds is 3. The van der Waals surface area contributed by atoms with Crippen molar-refractivity contribution in [2.24, 2.45) is 0 Å². The van der Waals surface area contributed by atoms with Crippen molar-refractivity contribution >= 4 is 17.1 Å². The van der Waals surface area contributed by atoms with Crippen LogP contribution in [0.4, 0.5) is 17.1 Å². The van der Waals surface area contributed by atoms with Gasteiger partial charge < -0.3 is 14.2 Å². The van der Waals surface area contributed by atoms with Crippen molar-refractivity contribution in [2.45, 2.75) is 50.4 Å². The molecule has 3 heterocycles. The second-order valence-electron chi connectivity index (χ2n) is 10.0. The first kappa shape index (κ1) is 30.4. The molecule has 0 N–H and O–H groups in total. The van der Waals surface area contributed by atoms with Crippen LogP contribution in [0.1, 0.15) is 67.1 Å². The zero-order valence-electron chi connectivity index (χ0n) is 23.7. The third-order valence-corrected chi connectivity index (χ3v) is 7.05. The van der Waals surface area contributed by atoms with Crippen molar-refractivity contribution in [2.75, 3.05) is 19.8 Å². The number of hydrogen-bond donors (Lipinski definition) is 0. The molecule has 42 heavy (non-hydrogen) atoms. The predicted molar refractivity (Wildman–Crippen MR) is 166 cm³/mol. The Bertz CT molecular complexity index is 1490. The lowest BCUT2D eigenvalue weighted by atomic mass is 10.0. The summed E-state index contributed by atoms with van der Waals surface area (Å²) < 4.78 is 16.8. The minimum absolute atomic E-state index is 0.0328. The maximum atomic E-state index is 6.94. The van der Waals surface area contributed by atoms with Crippen molar-refractivity contribution in [3.8, 4) is 0 Å². The minimum atomic E-state index is 0.0328. The molecule has 3 atom stereocenters. The van der Waals surface area contributed by atoms with Gasteiger partial charge in [-0.2, -0.15) is 0 Å². The van der Waals surface area contributed by atoms with Crippen LogP contribution in [-0.4, -0.2) is 19.8 Å². The molecule has 3 aromatic carbocycles. The molecule has 3 aliphatic heterocycles. The smallest absolute Gasteiger partial charge is 0.187 e. The summed E-state index contributed by atoms with van der Waals surface area (Å²) in [4.78, 5) is 10.2. The molecule has 3 aliphatic rings. The molecule has 6 nitrogen and oxygen atoms in total. The van der Waals surface area contributed by atoms with E-state index in [1.54, 1.807) is 0 Å². The quantitative estimate of drug-likeness (QED) is 0.238. The fraction of sp³-hybridized carbons (Fsp3) is 0.306. The summed E-state index contributed by atoms with van der Waals surface area (Å²) in [5.74, 6) is 0. The normalized spacial score (nSPS) is 20.7. The van der Waals surface area contributed by atoms with E-state index in [2.05, 4.69) is 26.7 Å². The Balaban J connectivity index is 0.000000145. The summed E-state index contributed by atoms with van der Waals surface area (Å²) in [5.41, 5.74) is 5.37. The Morgan fingerprint density at radius 1 is 0.595 bits per heavy atom. The van der Waals surface area contributed by atoms with Gasteiger partial charge in [-0.3, -0.25) is 0 Å². The summed E-state index contributed by atoms with van der Waals surface area (Å²) in [6.45, 7) is 23.1. The minimum Gasteiger partial charge on any atom is -0.374 e. The molecule has 0 amide bonds. The average Bonchev–Trinajstić information content (AvgIpc) is 3.10. The van der Waals surface area contributed by atoms with Crippen molar-refractivity contribution in [1.29, 1.82) is 0 Å². The maximum Gasteiger partial charge on any atom is 0.187 e. The summed E-state index contributed by atoms with van der Waals surface area (Å²) in [6, 6.07) is 23.0. The molecule has 0 aromatic heterocycles. The Kier molecular flexibility index (Phi) is 12.1. The van der Waals surface area contributed by atoms with Gasteiger partial charge in [0.25, 0.3) is 0 Å². The molecule has 6 rings (SSSR count). The SMILES string of the molecule is [C-]#[N+]c1cccc(C2C=CCCO2)c1.[C-]#[N+]c1cccc(C2CC=CCO2)c1.[C-]#[N+]c1cccc(C2CCCCO2)c1. The summed E-state index contributed by atoms with van der Waals surface area (Å²) in [7, 11) is 0. The summed E-state index contributed by atoms with van der Waals surface area (Å²) in [6.07, 6.45) is 14.1. The van der Waals surface area contributed by atoms with E-state index in [1.807, 2.05) is 84.9 Å². The van der Waals surface area contributed by atoms with E-state index in [0.29, 0.717) is 23.7 Å². The standard InChI is InChI=1S/C12H13NO.2C12H11NO/c3*1-13-11-6-4-5-10(9-11)12-7-2-3-8-14-12/h4-6,9,12H,2-3,7-8H2;2,4-7,9,12H,3,8H2;2-6,9,12H,7-8H2. The first-order valence-electron chi connectivity index (χ1n) is 14.3. The third kappa shape index (κ3) is 9.27. The van der Waals surface area contributed by atoms with Crippen LogP contribution in [0.3, 0.4) is 0 Å². The van der Waals surface area contributed by atoms with E-state index >= 15 is 0 Å². The Labute approximate surface area is 249 Å². The van der Waals surface area contributed by atoms with Crippen molar-refractivity contribution < 1.29 is 14.2 Å². The highest BCUT2D eigenvalue weighted by molar-refractivity contribution is 5.48. The van der Waals surface area contributed by atoms with E-state index in [-0.39, 0.29) is 18.3 Å². The molecule has 3 aromatic rings. The van der Waals surface area contributed by atoms with Gasteiger partial charge in [-0.25, -0.2) is 14.5 Å². The van der Waals surface area contributed by atoms with Gasteiger partial charge in [-0.1, -0.05) is 97.1 Å². The number of benzene rings is 3. The highest BCUT2D eigenvalue weighted by atomic mass is 16.5.